The Morgan fingerprint density at radius 3 is 1.95 bits per heavy atom. The molecule has 0 bridgehead atoms. The van der Waals surface area contributed by atoms with E-state index in [1.165, 1.54) is 0 Å². The summed E-state index contributed by atoms with van der Waals surface area (Å²) in [5.41, 5.74) is -1.81. The molecule has 0 spiro atoms. The fraction of sp³-hybridized carbons (Fsp3) is 0.519. The Balaban J connectivity index is 1.89. The van der Waals surface area contributed by atoms with Gasteiger partial charge in [0.2, 0.25) is 23.6 Å². The Bertz CT molecular complexity index is 2530. The Morgan fingerprint density at radius 2 is 1.37 bits per heavy atom. The Labute approximate surface area is 446 Å². The van der Waals surface area contributed by atoms with Gasteiger partial charge in [-0.1, -0.05) is 109 Å². The summed E-state index contributed by atoms with van der Waals surface area (Å²) in [5.74, 6) is -0.730. The smallest absolute Gasteiger partial charge is 0.297 e. The van der Waals surface area contributed by atoms with Crippen molar-refractivity contribution in [1.82, 2.24) is 31.5 Å². The van der Waals surface area contributed by atoms with Crippen LogP contribution in [0, 0.1) is 29.0 Å². The number of hydrogen-bond acceptors (Lipinski definition) is 15. The molecule has 0 fully saturated rings. The number of carbonyl (C=O) groups is 6. The lowest BCUT2D eigenvalue weighted by atomic mass is 9.90. The topological polar surface area (TPSA) is 312 Å². The zero-order valence-electron chi connectivity index (χ0n) is 44.6. The molecule has 0 aliphatic carbocycles. The summed E-state index contributed by atoms with van der Waals surface area (Å²) in [6.07, 6.45) is 3.10. The van der Waals surface area contributed by atoms with Crippen molar-refractivity contribution in [2.45, 2.75) is 128 Å². The van der Waals surface area contributed by atoms with Gasteiger partial charge in [-0.25, -0.2) is 4.39 Å². The van der Waals surface area contributed by atoms with Crippen LogP contribution in [0.4, 0.5) is 4.39 Å². The van der Waals surface area contributed by atoms with Crippen molar-refractivity contribution in [3.8, 4) is 0 Å². The lowest BCUT2D eigenvalue weighted by Crippen LogP contribution is -2.60. The quantitative estimate of drug-likeness (QED) is 0.0180. The van der Waals surface area contributed by atoms with Gasteiger partial charge in [0.15, 0.2) is 5.78 Å². The van der Waals surface area contributed by atoms with Crippen molar-refractivity contribution < 1.29 is 56.0 Å². The number of ketones is 1. The van der Waals surface area contributed by atoms with Crippen molar-refractivity contribution in [1.29, 1.82) is 5.41 Å². The zero-order chi connectivity index (χ0) is 56.6. The van der Waals surface area contributed by atoms with Gasteiger partial charge < -0.3 is 48.0 Å². The van der Waals surface area contributed by atoms with Gasteiger partial charge in [-0.3, -0.25) is 37.9 Å². The molecule has 5 amide bonds. The summed E-state index contributed by atoms with van der Waals surface area (Å²) < 4.78 is 46.6. The minimum absolute atomic E-state index is 0.0534. The molecule has 3 aromatic rings. The van der Waals surface area contributed by atoms with Crippen molar-refractivity contribution in [2.24, 2.45) is 28.7 Å². The van der Waals surface area contributed by atoms with E-state index in [1.807, 2.05) is 49.1 Å². The SMILES string of the molecule is CCC(C)CCN(CCO)CC(=O)N[C@@H](CCc1ccccc1)C(=O)N[C@@H](CC(C)C)C(=O)N[C@@H](Cc1ccccc1)C(=O)N[C@@H](CC(C)C)C(=O)C(C)(O)COS(=O)(=O)c1ccc(F)c(C(=O)NCC(C=N)=NN)c1. The van der Waals surface area contributed by atoms with Crippen LogP contribution in [0.15, 0.2) is 88.9 Å². The normalized spacial score (nSPS) is 14.7. The number of hydrogen-bond donors (Lipinski definition) is 9. The minimum Gasteiger partial charge on any atom is -0.395 e. The average molecular weight is 1080 g/mol. The Morgan fingerprint density at radius 1 is 0.803 bits per heavy atom. The number of carbonyl (C=O) groups excluding carboxylic acids is 6. The van der Waals surface area contributed by atoms with E-state index in [0.717, 1.165) is 37.6 Å². The van der Waals surface area contributed by atoms with Crippen LogP contribution in [0.1, 0.15) is 102 Å². The zero-order valence-corrected chi connectivity index (χ0v) is 45.5. The third-order valence-corrected chi connectivity index (χ3v) is 13.7. The van der Waals surface area contributed by atoms with Gasteiger partial charge in [-0.2, -0.15) is 13.5 Å². The molecule has 3 rings (SSSR count). The van der Waals surface area contributed by atoms with Crippen molar-refractivity contribution in [3.63, 3.8) is 0 Å². The first-order valence-corrected chi connectivity index (χ1v) is 27.0. The van der Waals surface area contributed by atoms with Gasteiger partial charge in [0.1, 0.15) is 36.2 Å². The maximum absolute atomic E-state index is 14.7. The summed E-state index contributed by atoms with van der Waals surface area (Å²) >= 11 is 0. The maximum Gasteiger partial charge on any atom is 0.297 e. The van der Waals surface area contributed by atoms with E-state index in [1.54, 1.807) is 44.2 Å². The summed E-state index contributed by atoms with van der Waals surface area (Å²) in [6, 6.07) is 15.2. The van der Waals surface area contributed by atoms with Gasteiger partial charge in [-0.05, 0) is 92.7 Å². The number of amides is 5. The van der Waals surface area contributed by atoms with E-state index in [2.05, 4.69) is 45.5 Å². The predicted octanol–water partition coefficient (Wildman–Crippen LogP) is 3.18. The van der Waals surface area contributed by atoms with Crippen LogP contribution in [0.2, 0.25) is 0 Å². The predicted molar refractivity (Wildman–Crippen MR) is 287 cm³/mol. The first kappa shape index (κ1) is 63.8. The standard InChI is InChI=1S/C54H78FN9O11S/c1-8-37(6)23-24-64(25-26-65)33-48(66)59-44(22-19-38-15-11-9-12-16-38)51(69)61-46(28-36(4)5)52(70)62-47(29-39-17-13-10-14-18-39)53(71)60-45(27-35(2)3)49(67)54(7,72)34-75-76(73,74)41-20-21-43(55)42(30-41)50(68)58-32-40(31-56)63-57/h9-18,20-21,30-31,35-37,44-47,56,65,72H,8,19,22-29,32-34,57H2,1-7H3,(H,58,68)(H,59,66)(H,60,71)(H,61,69)(H,62,70)/t37?,44-,45-,46-,47-,54?/m0/s1. The molecule has 0 saturated carbocycles. The van der Waals surface area contributed by atoms with Crippen molar-refractivity contribution in [2.75, 3.05) is 39.4 Å². The molecule has 0 aromatic heterocycles. The summed E-state index contributed by atoms with van der Waals surface area (Å²) in [6.45, 7) is 11.4. The van der Waals surface area contributed by atoms with E-state index in [9.17, 15) is 51.8 Å². The van der Waals surface area contributed by atoms with E-state index >= 15 is 0 Å². The number of nitrogens with two attached hydrogens (primary N) is 1. The lowest BCUT2D eigenvalue weighted by Gasteiger charge is -2.30. The average Bonchev–Trinajstić information content (AvgIpc) is 3.38. The van der Waals surface area contributed by atoms with Crippen LogP contribution in [0.5, 0.6) is 0 Å². The number of nitrogens with one attached hydrogen (secondary N) is 6. The van der Waals surface area contributed by atoms with E-state index < -0.39 is 98.1 Å². The van der Waals surface area contributed by atoms with Crippen LogP contribution in [-0.4, -0.2) is 140 Å². The number of aliphatic hydroxyl groups excluding tert-OH is 1. The number of aryl methyl sites for hydroxylation is 1. The molecule has 22 heteroatoms. The van der Waals surface area contributed by atoms with Gasteiger partial charge in [0.05, 0.1) is 41.9 Å². The third kappa shape index (κ3) is 21.6. The number of Topliss-reactive ketones (excluding diaryl/α,β-unsaturated/α-hetero) is 1. The van der Waals surface area contributed by atoms with Crippen LogP contribution >= 0.6 is 0 Å². The molecule has 0 saturated heterocycles. The number of halogens is 1. The van der Waals surface area contributed by atoms with E-state index in [4.69, 9.17) is 15.4 Å². The second-order valence-electron chi connectivity index (χ2n) is 20.0. The summed E-state index contributed by atoms with van der Waals surface area (Å²) in [4.78, 5) is 84.9. The van der Waals surface area contributed by atoms with E-state index in [0.29, 0.717) is 36.6 Å². The number of rotatable bonds is 34. The largest absolute Gasteiger partial charge is 0.395 e. The first-order chi connectivity index (χ1) is 35.9. The highest BCUT2D eigenvalue weighted by Crippen LogP contribution is 2.22. The maximum atomic E-state index is 14.7. The van der Waals surface area contributed by atoms with Crippen LogP contribution in [-0.2, 0) is 51.1 Å². The summed E-state index contributed by atoms with van der Waals surface area (Å²) in [7, 11) is -4.87. The molecule has 0 radical (unpaired) electrons. The lowest BCUT2D eigenvalue weighted by molar-refractivity contribution is -0.143. The van der Waals surface area contributed by atoms with Crippen molar-refractivity contribution >= 4 is 57.4 Å². The second kappa shape index (κ2) is 31.6. The monoisotopic (exact) mass is 1080 g/mol. The molecule has 76 heavy (non-hydrogen) atoms. The second-order valence-corrected chi connectivity index (χ2v) is 21.6. The molecule has 0 heterocycles. The third-order valence-electron chi connectivity index (χ3n) is 12.5. The molecule has 6 atom stereocenters. The number of aliphatic hydroxyl groups is 2. The Hall–Kier alpha value is -6.46. The minimum atomic E-state index is -4.87. The fourth-order valence-electron chi connectivity index (χ4n) is 7.91. The highest BCUT2D eigenvalue weighted by atomic mass is 32.2. The van der Waals surface area contributed by atoms with Gasteiger partial charge in [-0.15, -0.1) is 0 Å². The van der Waals surface area contributed by atoms with Crippen LogP contribution in [0.3, 0.4) is 0 Å². The molecule has 2 unspecified atom stereocenters. The molecular weight excluding hydrogens is 1000 g/mol. The molecule has 10 N–H and O–H groups in total. The molecule has 20 nitrogen and oxygen atoms in total. The van der Waals surface area contributed by atoms with Gasteiger partial charge >= 0.3 is 0 Å². The molecule has 3 aromatic carbocycles. The molecule has 0 aliphatic rings. The highest BCUT2D eigenvalue weighted by Gasteiger charge is 2.40. The molecule has 0 aliphatic heterocycles. The summed E-state index contributed by atoms with van der Waals surface area (Å²) in [5, 5.41) is 45.2. The van der Waals surface area contributed by atoms with Crippen molar-refractivity contribution in [3.05, 3.63) is 101 Å². The fourth-order valence-corrected chi connectivity index (χ4v) is 8.93. The first-order valence-electron chi connectivity index (χ1n) is 25.6. The van der Waals surface area contributed by atoms with E-state index in [-0.39, 0.29) is 69.5 Å². The number of hydrazone groups is 1. The Kier molecular flexibility index (Phi) is 26.5. The van der Waals surface area contributed by atoms with Gasteiger partial charge in [0, 0.05) is 19.2 Å². The van der Waals surface area contributed by atoms with Crippen LogP contribution < -0.4 is 32.4 Å². The van der Waals surface area contributed by atoms with Crippen LogP contribution in [0.25, 0.3) is 0 Å². The number of benzene rings is 3. The molecular formula is C54H78FN9O11S. The molecule has 418 valence electrons. The highest BCUT2D eigenvalue weighted by molar-refractivity contribution is 7.86. The number of nitrogens with zero attached hydrogens (tertiary/aromatic N) is 2. The van der Waals surface area contributed by atoms with Gasteiger partial charge in [0.25, 0.3) is 16.0 Å².